The molecule has 1 aromatic heterocycles. The molecule has 1 saturated carbocycles. The Balaban J connectivity index is 1.63. The van der Waals surface area contributed by atoms with Gasteiger partial charge in [-0.25, -0.2) is 4.98 Å². The summed E-state index contributed by atoms with van der Waals surface area (Å²) in [6.07, 6.45) is 6.76. The lowest BCUT2D eigenvalue weighted by atomic mass is 10.0. The molecule has 1 atom stereocenters. The molecule has 3 rings (SSSR count). The minimum Gasteiger partial charge on any atom is -0.333 e. The van der Waals surface area contributed by atoms with Crippen LogP contribution < -0.4 is 5.32 Å². The smallest absolute Gasteiger partial charge is 0.122 e. The molecular formula is C14H24N4. The van der Waals surface area contributed by atoms with Gasteiger partial charge in [0.05, 0.1) is 6.54 Å². The van der Waals surface area contributed by atoms with Crippen LogP contribution in [0.4, 0.5) is 0 Å². The first kappa shape index (κ1) is 12.2. The van der Waals surface area contributed by atoms with Crippen molar-refractivity contribution in [2.75, 3.05) is 13.1 Å². The lowest BCUT2D eigenvalue weighted by molar-refractivity contribution is 0.116. The maximum Gasteiger partial charge on any atom is 0.122 e. The van der Waals surface area contributed by atoms with Crippen LogP contribution in [0.2, 0.25) is 0 Å². The van der Waals surface area contributed by atoms with E-state index in [1.165, 1.54) is 18.7 Å². The van der Waals surface area contributed by atoms with E-state index in [0.29, 0.717) is 12.0 Å². The third-order valence-electron chi connectivity index (χ3n) is 4.21. The molecule has 1 aromatic rings. The summed E-state index contributed by atoms with van der Waals surface area (Å²) in [5.41, 5.74) is 0. The van der Waals surface area contributed by atoms with Crippen LogP contribution in [0.5, 0.6) is 0 Å². The Morgan fingerprint density at radius 3 is 2.94 bits per heavy atom. The Labute approximate surface area is 109 Å². The first-order valence-corrected chi connectivity index (χ1v) is 7.21. The Kier molecular flexibility index (Phi) is 3.39. The van der Waals surface area contributed by atoms with Crippen LogP contribution in [0.25, 0.3) is 0 Å². The van der Waals surface area contributed by atoms with Crippen molar-refractivity contribution in [1.29, 1.82) is 0 Å². The van der Waals surface area contributed by atoms with E-state index in [1.807, 2.05) is 6.20 Å². The maximum atomic E-state index is 4.46. The SMILES string of the molecule is CC(C)C(CNC1CC1)N1CCn2ccnc2C1. The molecule has 0 saturated heterocycles. The zero-order chi connectivity index (χ0) is 12.5. The predicted molar refractivity (Wildman–Crippen MR) is 72.3 cm³/mol. The fourth-order valence-electron chi connectivity index (χ4n) is 2.84. The second-order valence-electron chi connectivity index (χ2n) is 6.00. The molecule has 0 aromatic carbocycles. The van der Waals surface area contributed by atoms with Gasteiger partial charge in [-0.2, -0.15) is 0 Å². The molecule has 0 amide bonds. The first-order chi connectivity index (χ1) is 8.74. The summed E-state index contributed by atoms with van der Waals surface area (Å²) in [6, 6.07) is 1.44. The van der Waals surface area contributed by atoms with E-state index < -0.39 is 0 Å². The van der Waals surface area contributed by atoms with Crippen LogP contribution in [-0.2, 0) is 13.1 Å². The number of hydrogen-bond acceptors (Lipinski definition) is 3. The molecule has 1 N–H and O–H groups in total. The molecule has 0 radical (unpaired) electrons. The Bertz CT molecular complexity index is 394. The number of hydrogen-bond donors (Lipinski definition) is 1. The van der Waals surface area contributed by atoms with E-state index in [9.17, 15) is 0 Å². The maximum absolute atomic E-state index is 4.46. The first-order valence-electron chi connectivity index (χ1n) is 7.21. The standard InChI is InChI=1S/C14H24N4/c1-11(2)13(9-16-12-3-4-12)18-8-7-17-6-5-15-14(17)10-18/h5-6,11-13,16H,3-4,7-10H2,1-2H3. The molecule has 18 heavy (non-hydrogen) atoms. The van der Waals surface area contributed by atoms with Crippen molar-refractivity contribution in [1.82, 2.24) is 19.8 Å². The van der Waals surface area contributed by atoms with E-state index in [1.54, 1.807) is 0 Å². The second kappa shape index (κ2) is 5.02. The molecule has 4 heteroatoms. The Morgan fingerprint density at radius 2 is 2.22 bits per heavy atom. The minimum absolute atomic E-state index is 0.635. The zero-order valence-electron chi connectivity index (χ0n) is 11.5. The largest absolute Gasteiger partial charge is 0.333 e. The number of rotatable bonds is 5. The van der Waals surface area contributed by atoms with Gasteiger partial charge in [0, 0.05) is 44.1 Å². The average Bonchev–Trinajstić information content (AvgIpc) is 3.05. The number of imidazole rings is 1. The number of fused-ring (bicyclic) bond motifs is 1. The summed E-state index contributed by atoms with van der Waals surface area (Å²) in [6.45, 7) is 9.03. The van der Waals surface area contributed by atoms with E-state index >= 15 is 0 Å². The lowest BCUT2D eigenvalue weighted by Crippen LogP contribution is -2.49. The summed E-state index contributed by atoms with van der Waals surface area (Å²) < 4.78 is 2.28. The van der Waals surface area contributed by atoms with Crippen molar-refractivity contribution in [3.8, 4) is 0 Å². The van der Waals surface area contributed by atoms with Gasteiger partial charge < -0.3 is 9.88 Å². The van der Waals surface area contributed by atoms with Crippen molar-refractivity contribution >= 4 is 0 Å². The van der Waals surface area contributed by atoms with Gasteiger partial charge in [0.15, 0.2) is 0 Å². The summed E-state index contributed by atoms with van der Waals surface area (Å²) in [4.78, 5) is 7.06. The second-order valence-corrected chi connectivity index (χ2v) is 6.00. The van der Waals surface area contributed by atoms with Gasteiger partial charge in [0.25, 0.3) is 0 Å². The van der Waals surface area contributed by atoms with Gasteiger partial charge >= 0.3 is 0 Å². The molecular weight excluding hydrogens is 224 g/mol. The van der Waals surface area contributed by atoms with Crippen LogP contribution >= 0.6 is 0 Å². The van der Waals surface area contributed by atoms with Crippen LogP contribution in [0.15, 0.2) is 12.4 Å². The van der Waals surface area contributed by atoms with Crippen LogP contribution in [0.1, 0.15) is 32.5 Å². The van der Waals surface area contributed by atoms with Crippen molar-refractivity contribution in [3.63, 3.8) is 0 Å². The van der Waals surface area contributed by atoms with Gasteiger partial charge in [-0.3, -0.25) is 4.90 Å². The number of nitrogens with zero attached hydrogens (tertiary/aromatic N) is 3. The summed E-state index contributed by atoms with van der Waals surface area (Å²) in [7, 11) is 0. The van der Waals surface area contributed by atoms with E-state index in [2.05, 4.69) is 39.8 Å². The van der Waals surface area contributed by atoms with Crippen molar-refractivity contribution in [3.05, 3.63) is 18.2 Å². The van der Waals surface area contributed by atoms with Crippen molar-refractivity contribution in [2.45, 2.75) is 51.9 Å². The minimum atomic E-state index is 0.635. The van der Waals surface area contributed by atoms with Crippen LogP contribution in [0, 0.1) is 5.92 Å². The Morgan fingerprint density at radius 1 is 1.39 bits per heavy atom. The van der Waals surface area contributed by atoms with E-state index in [-0.39, 0.29) is 0 Å². The molecule has 1 aliphatic carbocycles. The van der Waals surface area contributed by atoms with Crippen LogP contribution in [-0.4, -0.2) is 39.6 Å². The average molecular weight is 248 g/mol. The monoisotopic (exact) mass is 248 g/mol. The normalized spacial score (nSPS) is 22.2. The molecule has 0 bridgehead atoms. The highest BCUT2D eigenvalue weighted by atomic mass is 15.3. The molecule has 1 aliphatic heterocycles. The van der Waals surface area contributed by atoms with Gasteiger partial charge in [-0.05, 0) is 18.8 Å². The summed E-state index contributed by atoms with van der Waals surface area (Å²) >= 11 is 0. The molecule has 4 nitrogen and oxygen atoms in total. The van der Waals surface area contributed by atoms with Gasteiger partial charge in [-0.15, -0.1) is 0 Å². The van der Waals surface area contributed by atoms with Crippen molar-refractivity contribution < 1.29 is 0 Å². The van der Waals surface area contributed by atoms with Crippen LogP contribution in [0.3, 0.4) is 0 Å². The molecule has 2 heterocycles. The van der Waals surface area contributed by atoms with E-state index in [4.69, 9.17) is 0 Å². The predicted octanol–water partition coefficient (Wildman–Crippen LogP) is 1.48. The number of aromatic nitrogens is 2. The summed E-state index contributed by atoms with van der Waals surface area (Å²) in [5.74, 6) is 1.91. The molecule has 100 valence electrons. The molecule has 1 unspecified atom stereocenters. The fourth-order valence-corrected chi connectivity index (χ4v) is 2.84. The zero-order valence-corrected chi connectivity index (χ0v) is 11.5. The number of nitrogens with one attached hydrogen (secondary N) is 1. The third kappa shape index (κ3) is 2.59. The van der Waals surface area contributed by atoms with Gasteiger partial charge in [-0.1, -0.05) is 13.8 Å². The van der Waals surface area contributed by atoms with Crippen molar-refractivity contribution in [2.24, 2.45) is 5.92 Å². The lowest BCUT2D eigenvalue weighted by Gasteiger charge is -2.37. The highest BCUT2D eigenvalue weighted by Gasteiger charge is 2.28. The highest BCUT2D eigenvalue weighted by Crippen LogP contribution is 2.21. The van der Waals surface area contributed by atoms with E-state index in [0.717, 1.165) is 32.2 Å². The fraction of sp³-hybridized carbons (Fsp3) is 0.786. The molecule has 1 fully saturated rings. The highest BCUT2D eigenvalue weighted by molar-refractivity contribution is 4.97. The Hall–Kier alpha value is -0.870. The third-order valence-corrected chi connectivity index (χ3v) is 4.21. The van der Waals surface area contributed by atoms with Gasteiger partial charge in [0.2, 0.25) is 0 Å². The molecule has 2 aliphatic rings. The summed E-state index contributed by atoms with van der Waals surface area (Å²) in [5, 5.41) is 3.68. The van der Waals surface area contributed by atoms with Gasteiger partial charge in [0.1, 0.15) is 5.82 Å². The topological polar surface area (TPSA) is 33.1 Å². The molecule has 0 spiro atoms. The quantitative estimate of drug-likeness (QED) is 0.857.